The molecule has 1 aliphatic carbocycles. The molecular weight excluding hydrogens is 312 g/mol. The lowest BCUT2D eigenvalue weighted by molar-refractivity contribution is 0.115. The molecule has 1 N–H and O–H groups in total. The molecule has 0 radical (unpaired) electrons. The van der Waals surface area contributed by atoms with E-state index in [0.29, 0.717) is 0 Å². The van der Waals surface area contributed by atoms with Gasteiger partial charge in [0.05, 0.1) is 6.61 Å². The summed E-state index contributed by atoms with van der Waals surface area (Å²) in [6.07, 6.45) is 3.78. The van der Waals surface area contributed by atoms with E-state index in [9.17, 15) is 0 Å². The van der Waals surface area contributed by atoms with Crippen LogP contribution < -0.4 is 5.32 Å². The number of hydrogen-bond donors (Lipinski definition) is 1. The zero-order valence-electron chi connectivity index (χ0n) is 16.1. The lowest BCUT2D eigenvalue weighted by atomic mass is 10.2. The fourth-order valence-corrected chi connectivity index (χ4v) is 2.75. The maximum atomic E-state index is 5.71. The smallest absolute Gasteiger partial charge is 0.193 e. The van der Waals surface area contributed by atoms with Crippen molar-refractivity contribution in [1.82, 2.24) is 15.1 Å². The average molecular weight is 347 g/mol. The van der Waals surface area contributed by atoms with Gasteiger partial charge in [-0.2, -0.15) is 0 Å². The van der Waals surface area contributed by atoms with E-state index in [0.717, 1.165) is 57.7 Å². The highest BCUT2D eigenvalue weighted by atomic mass is 16.5. The van der Waals surface area contributed by atoms with Crippen LogP contribution in [0.4, 0.5) is 0 Å². The van der Waals surface area contributed by atoms with Crippen LogP contribution in [-0.2, 0) is 11.3 Å². The second kappa shape index (κ2) is 11.1. The molecule has 0 aliphatic heterocycles. The fourth-order valence-electron chi connectivity index (χ4n) is 2.75. The molecule has 1 aromatic rings. The van der Waals surface area contributed by atoms with Crippen LogP contribution in [0.2, 0.25) is 0 Å². The molecule has 0 aromatic heterocycles. The van der Waals surface area contributed by atoms with E-state index in [1.807, 2.05) is 7.05 Å². The van der Waals surface area contributed by atoms with Gasteiger partial charge in [-0.1, -0.05) is 30.3 Å². The average Bonchev–Trinajstić information content (AvgIpc) is 3.44. The fraction of sp³-hybridized carbons (Fsp3) is 0.650. The zero-order chi connectivity index (χ0) is 17.9. The number of rotatable bonds is 11. The van der Waals surface area contributed by atoms with E-state index >= 15 is 0 Å². The zero-order valence-corrected chi connectivity index (χ0v) is 16.1. The number of guanidine groups is 1. The Labute approximate surface area is 153 Å². The standard InChI is InChI=1S/C20H34N4O/c1-21-20(24(3)14-15-25-17-19-10-11-19)22-12-7-13-23(2)16-18-8-5-4-6-9-18/h4-6,8-9,19H,7,10-17H2,1-3H3,(H,21,22). The van der Waals surface area contributed by atoms with Crippen molar-refractivity contribution >= 4 is 5.96 Å². The lowest BCUT2D eigenvalue weighted by Crippen LogP contribution is -2.41. The molecule has 140 valence electrons. The van der Waals surface area contributed by atoms with Gasteiger partial charge >= 0.3 is 0 Å². The Balaban J connectivity index is 1.54. The van der Waals surface area contributed by atoms with E-state index in [-0.39, 0.29) is 0 Å². The molecule has 25 heavy (non-hydrogen) atoms. The van der Waals surface area contributed by atoms with Crippen LogP contribution in [0.5, 0.6) is 0 Å². The number of hydrogen-bond acceptors (Lipinski definition) is 3. The maximum Gasteiger partial charge on any atom is 0.193 e. The highest BCUT2D eigenvalue weighted by Gasteiger charge is 2.21. The number of aliphatic imine (C=N–C) groups is 1. The van der Waals surface area contributed by atoms with Crippen LogP contribution in [0.3, 0.4) is 0 Å². The van der Waals surface area contributed by atoms with Crippen molar-refractivity contribution in [3.05, 3.63) is 35.9 Å². The SMILES string of the molecule is CN=C(NCCCN(C)Cc1ccccc1)N(C)CCOCC1CC1. The van der Waals surface area contributed by atoms with Crippen molar-refractivity contribution in [2.45, 2.75) is 25.8 Å². The quantitative estimate of drug-likeness (QED) is 0.380. The van der Waals surface area contributed by atoms with Crippen LogP contribution in [-0.4, -0.2) is 69.8 Å². The van der Waals surface area contributed by atoms with Crippen LogP contribution >= 0.6 is 0 Å². The lowest BCUT2D eigenvalue weighted by Gasteiger charge is -2.23. The molecule has 1 fully saturated rings. The highest BCUT2D eigenvalue weighted by molar-refractivity contribution is 5.79. The first-order valence-corrected chi connectivity index (χ1v) is 9.41. The van der Waals surface area contributed by atoms with Gasteiger partial charge in [-0.05, 0) is 44.3 Å². The molecule has 0 bridgehead atoms. The monoisotopic (exact) mass is 346 g/mol. The minimum Gasteiger partial charge on any atom is -0.379 e. The Morgan fingerprint density at radius 1 is 1.20 bits per heavy atom. The summed E-state index contributed by atoms with van der Waals surface area (Å²) >= 11 is 0. The van der Waals surface area contributed by atoms with Gasteiger partial charge in [0.2, 0.25) is 0 Å². The van der Waals surface area contributed by atoms with E-state index in [1.165, 1.54) is 18.4 Å². The Bertz CT molecular complexity index is 502. The van der Waals surface area contributed by atoms with Crippen molar-refractivity contribution in [2.75, 3.05) is 54.0 Å². The summed E-state index contributed by atoms with van der Waals surface area (Å²) in [7, 11) is 6.08. The Morgan fingerprint density at radius 2 is 1.96 bits per heavy atom. The summed E-state index contributed by atoms with van der Waals surface area (Å²) in [6.45, 7) is 5.56. The first kappa shape index (κ1) is 19.7. The number of ether oxygens (including phenoxy) is 1. The highest BCUT2D eigenvalue weighted by Crippen LogP contribution is 2.28. The van der Waals surface area contributed by atoms with Gasteiger partial charge in [0, 0.05) is 40.3 Å². The molecule has 0 saturated heterocycles. The van der Waals surface area contributed by atoms with Gasteiger partial charge in [0.25, 0.3) is 0 Å². The van der Waals surface area contributed by atoms with Crippen molar-refractivity contribution in [2.24, 2.45) is 10.9 Å². The second-order valence-corrected chi connectivity index (χ2v) is 6.99. The van der Waals surface area contributed by atoms with Crippen LogP contribution in [0.15, 0.2) is 35.3 Å². The van der Waals surface area contributed by atoms with Crippen molar-refractivity contribution in [3.8, 4) is 0 Å². The number of likely N-dealkylation sites (N-methyl/N-ethyl adjacent to an activating group) is 1. The molecule has 1 aliphatic rings. The largest absolute Gasteiger partial charge is 0.379 e. The Morgan fingerprint density at radius 3 is 2.64 bits per heavy atom. The summed E-state index contributed by atoms with van der Waals surface area (Å²) < 4.78 is 5.71. The molecule has 5 nitrogen and oxygen atoms in total. The summed E-state index contributed by atoms with van der Waals surface area (Å²) in [4.78, 5) is 8.86. The predicted octanol–water partition coefficient (Wildman–Crippen LogP) is 2.44. The summed E-state index contributed by atoms with van der Waals surface area (Å²) in [5.74, 6) is 1.77. The maximum absolute atomic E-state index is 5.71. The van der Waals surface area contributed by atoms with E-state index in [2.05, 4.69) is 64.5 Å². The third-order valence-electron chi connectivity index (χ3n) is 4.49. The van der Waals surface area contributed by atoms with Gasteiger partial charge in [-0.25, -0.2) is 0 Å². The van der Waals surface area contributed by atoms with Crippen molar-refractivity contribution in [1.29, 1.82) is 0 Å². The second-order valence-electron chi connectivity index (χ2n) is 6.99. The molecule has 0 atom stereocenters. The first-order chi connectivity index (χ1) is 12.2. The summed E-state index contributed by atoms with van der Waals surface area (Å²) in [5.41, 5.74) is 1.36. The van der Waals surface area contributed by atoms with Crippen LogP contribution in [0.25, 0.3) is 0 Å². The molecule has 0 amide bonds. The van der Waals surface area contributed by atoms with Gasteiger partial charge < -0.3 is 19.9 Å². The minimum absolute atomic E-state index is 0.771. The Kier molecular flexibility index (Phi) is 8.77. The Hall–Kier alpha value is -1.59. The summed E-state index contributed by atoms with van der Waals surface area (Å²) in [5, 5.41) is 3.44. The molecule has 1 saturated carbocycles. The normalized spacial score (nSPS) is 14.8. The van der Waals surface area contributed by atoms with E-state index < -0.39 is 0 Å². The molecule has 1 aromatic carbocycles. The van der Waals surface area contributed by atoms with Crippen LogP contribution in [0, 0.1) is 5.92 Å². The third kappa shape index (κ3) is 8.36. The number of benzene rings is 1. The molecule has 2 rings (SSSR count). The van der Waals surface area contributed by atoms with E-state index in [4.69, 9.17) is 4.74 Å². The molecular formula is C20H34N4O. The number of nitrogens with zero attached hydrogens (tertiary/aromatic N) is 3. The topological polar surface area (TPSA) is 40.1 Å². The third-order valence-corrected chi connectivity index (χ3v) is 4.49. The first-order valence-electron chi connectivity index (χ1n) is 9.41. The summed E-state index contributed by atoms with van der Waals surface area (Å²) in [6, 6.07) is 10.6. The molecule has 0 unspecified atom stereocenters. The van der Waals surface area contributed by atoms with E-state index in [1.54, 1.807) is 0 Å². The number of nitrogens with one attached hydrogen (secondary N) is 1. The van der Waals surface area contributed by atoms with Gasteiger partial charge in [0.1, 0.15) is 0 Å². The van der Waals surface area contributed by atoms with Gasteiger partial charge in [-0.3, -0.25) is 4.99 Å². The van der Waals surface area contributed by atoms with Gasteiger partial charge in [-0.15, -0.1) is 0 Å². The predicted molar refractivity (Wildman–Crippen MR) is 105 cm³/mol. The van der Waals surface area contributed by atoms with Crippen molar-refractivity contribution < 1.29 is 4.74 Å². The molecule has 5 heteroatoms. The molecule has 0 spiro atoms. The van der Waals surface area contributed by atoms with Gasteiger partial charge in [0.15, 0.2) is 5.96 Å². The minimum atomic E-state index is 0.771. The van der Waals surface area contributed by atoms with Crippen LogP contribution in [0.1, 0.15) is 24.8 Å². The van der Waals surface area contributed by atoms with Crippen molar-refractivity contribution in [3.63, 3.8) is 0 Å². The molecule has 0 heterocycles.